The summed E-state index contributed by atoms with van der Waals surface area (Å²) in [5.41, 5.74) is 2.14. The smallest absolute Gasteiger partial charge is 0.223 e. The topological polar surface area (TPSA) is 47.4 Å². The molecule has 2 aromatic carbocycles. The van der Waals surface area contributed by atoms with Crippen LogP contribution in [0.3, 0.4) is 0 Å². The highest BCUT2D eigenvalue weighted by molar-refractivity contribution is 6.30. The number of fused-ring (bicyclic) bond motifs is 1. The normalized spacial score (nSPS) is 19.7. The maximum Gasteiger partial charge on any atom is 0.223 e. The van der Waals surface area contributed by atoms with Gasteiger partial charge in [0.15, 0.2) is 0 Å². The molecule has 1 saturated heterocycles. The van der Waals surface area contributed by atoms with E-state index >= 15 is 0 Å². The first-order valence-corrected chi connectivity index (χ1v) is 12.2. The predicted octanol–water partition coefficient (Wildman–Crippen LogP) is 5.81. The molecular weight excluding hydrogens is 422 g/mol. The van der Waals surface area contributed by atoms with Crippen molar-refractivity contribution < 1.29 is 9.53 Å². The molecule has 0 N–H and O–H groups in total. The number of imidazole rings is 1. The van der Waals surface area contributed by atoms with Crippen LogP contribution in [0.4, 0.5) is 0 Å². The first-order chi connectivity index (χ1) is 15.7. The van der Waals surface area contributed by atoms with E-state index in [4.69, 9.17) is 21.3 Å². The van der Waals surface area contributed by atoms with Crippen LogP contribution >= 0.6 is 11.6 Å². The van der Waals surface area contributed by atoms with Gasteiger partial charge in [-0.15, -0.1) is 0 Å². The number of carbonyl (C=O) groups is 1. The van der Waals surface area contributed by atoms with Crippen LogP contribution in [-0.2, 0) is 11.3 Å². The van der Waals surface area contributed by atoms with E-state index in [1.807, 2.05) is 30.3 Å². The predicted molar refractivity (Wildman–Crippen MR) is 127 cm³/mol. The number of carbonyl (C=O) groups excluding carboxylic acids is 1. The Balaban J connectivity index is 1.30. The minimum atomic E-state index is 0.161. The van der Waals surface area contributed by atoms with Crippen LogP contribution < -0.4 is 4.74 Å². The summed E-state index contributed by atoms with van der Waals surface area (Å²) in [6.45, 7) is 2.23. The van der Waals surface area contributed by atoms with Crippen molar-refractivity contribution in [2.75, 3.05) is 13.2 Å². The number of likely N-dealkylation sites (tertiary alicyclic amines) is 1. The standard InChI is InChI=1S/C26H30ClN3O2/c27-20-11-13-22(14-12-20)32-16-6-15-29-24-10-5-4-9-23(24)28-26(29)19-17-25(31)30(18-19)21-7-2-1-3-8-21/h4-5,9-14,19,21H,1-3,6-8,15-18H2. The molecule has 0 bridgehead atoms. The molecule has 6 heteroatoms. The molecule has 5 nitrogen and oxygen atoms in total. The fraction of sp³-hybridized carbons (Fsp3) is 0.462. The molecule has 2 aliphatic rings. The Hall–Kier alpha value is -2.53. The van der Waals surface area contributed by atoms with Crippen molar-refractivity contribution in [1.29, 1.82) is 0 Å². The molecule has 1 aliphatic heterocycles. The monoisotopic (exact) mass is 451 g/mol. The molecule has 3 aromatic rings. The number of benzene rings is 2. The molecule has 1 aliphatic carbocycles. The van der Waals surface area contributed by atoms with Crippen molar-refractivity contribution in [2.24, 2.45) is 0 Å². The number of halogens is 1. The number of ether oxygens (including phenoxy) is 1. The number of para-hydroxylation sites is 2. The summed E-state index contributed by atoms with van der Waals surface area (Å²) < 4.78 is 8.20. The molecule has 1 amide bonds. The average Bonchev–Trinajstić information content (AvgIpc) is 3.39. The maximum absolute atomic E-state index is 12.9. The lowest BCUT2D eigenvalue weighted by atomic mass is 9.94. The summed E-state index contributed by atoms with van der Waals surface area (Å²) in [6.07, 6.45) is 7.52. The van der Waals surface area contributed by atoms with Crippen LogP contribution in [0.15, 0.2) is 48.5 Å². The minimum Gasteiger partial charge on any atom is -0.494 e. The molecule has 1 saturated carbocycles. The van der Waals surface area contributed by atoms with Gasteiger partial charge in [-0.3, -0.25) is 4.79 Å². The number of amides is 1. The van der Waals surface area contributed by atoms with Crippen molar-refractivity contribution in [3.05, 3.63) is 59.4 Å². The number of nitrogens with zero attached hydrogens (tertiary/aromatic N) is 3. The summed E-state index contributed by atoms with van der Waals surface area (Å²) >= 11 is 5.95. The number of aromatic nitrogens is 2. The zero-order valence-electron chi connectivity index (χ0n) is 18.4. The summed E-state index contributed by atoms with van der Waals surface area (Å²) in [5, 5.41) is 0.709. The molecular formula is C26H30ClN3O2. The number of hydrogen-bond acceptors (Lipinski definition) is 3. The van der Waals surface area contributed by atoms with Gasteiger partial charge < -0.3 is 14.2 Å². The molecule has 5 rings (SSSR count). The lowest BCUT2D eigenvalue weighted by molar-refractivity contribution is -0.130. The average molecular weight is 452 g/mol. The van der Waals surface area contributed by atoms with Gasteiger partial charge in [0, 0.05) is 36.5 Å². The zero-order chi connectivity index (χ0) is 21.9. The van der Waals surface area contributed by atoms with Gasteiger partial charge in [-0.1, -0.05) is 43.0 Å². The van der Waals surface area contributed by atoms with Crippen molar-refractivity contribution in [3.8, 4) is 5.75 Å². The molecule has 0 spiro atoms. The van der Waals surface area contributed by atoms with Crippen LogP contribution in [0, 0.1) is 0 Å². The van der Waals surface area contributed by atoms with Crippen LogP contribution in [0.5, 0.6) is 5.75 Å². The van der Waals surface area contributed by atoms with E-state index in [1.165, 1.54) is 19.3 Å². The maximum atomic E-state index is 12.9. The van der Waals surface area contributed by atoms with E-state index in [0.29, 0.717) is 30.0 Å². The molecule has 32 heavy (non-hydrogen) atoms. The van der Waals surface area contributed by atoms with E-state index in [2.05, 4.69) is 27.7 Å². The first kappa shape index (κ1) is 21.3. The van der Waals surface area contributed by atoms with Gasteiger partial charge in [0.2, 0.25) is 5.91 Å². The van der Waals surface area contributed by atoms with E-state index < -0.39 is 0 Å². The summed E-state index contributed by atoms with van der Waals surface area (Å²) in [7, 11) is 0. The fourth-order valence-electron chi connectivity index (χ4n) is 5.23. The molecule has 168 valence electrons. The third-order valence-electron chi connectivity index (χ3n) is 6.83. The molecule has 1 unspecified atom stereocenters. The largest absolute Gasteiger partial charge is 0.494 e. The van der Waals surface area contributed by atoms with Gasteiger partial charge in [-0.05, 0) is 55.7 Å². The van der Waals surface area contributed by atoms with Crippen molar-refractivity contribution in [2.45, 2.75) is 63.5 Å². The highest BCUT2D eigenvalue weighted by Gasteiger charge is 2.37. The van der Waals surface area contributed by atoms with Crippen LogP contribution in [-0.4, -0.2) is 39.6 Å². The summed E-state index contributed by atoms with van der Waals surface area (Å²) in [6, 6.07) is 16.2. The van der Waals surface area contributed by atoms with E-state index in [-0.39, 0.29) is 5.92 Å². The minimum absolute atomic E-state index is 0.161. The second-order valence-electron chi connectivity index (χ2n) is 9.01. The molecule has 1 atom stereocenters. The van der Waals surface area contributed by atoms with Crippen LogP contribution in [0.1, 0.15) is 56.7 Å². The molecule has 2 heterocycles. The Morgan fingerprint density at radius 1 is 1.03 bits per heavy atom. The number of rotatable bonds is 7. The van der Waals surface area contributed by atoms with Crippen molar-refractivity contribution >= 4 is 28.5 Å². The number of hydrogen-bond donors (Lipinski definition) is 0. The third-order valence-corrected chi connectivity index (χ3v) is 7.08. The van der Waals surface area contributed by atoms with E-state index in [0.717, 1.165) is 55.0 Å². The Morgan fingerprint density at radius 2 is 1.81 bits per heavy atom. The zero-order valence-corrected chi connectivity index (χ0v) is 19.1. The quantitative estimate of drug-likeness (QED) is 0.426. The SMILES string of the molecule is O=C1CC(c2nc3ccccc3n2CCCOc2ccc(Cl)cc2)CN1C1CCCCC1. The lowest BCUT2D eigenvalue weighted by Crippen LogP contribution is -2.37. The third kappa shape index (κ3) is 4.49. The van der Waals surface area contributed by atoms with Gasteiger partial charge in [-0.25, -0.2) is 4.98 Å². The lowest BCUT2D eigenvalue weighted by Gasteiger charge is -2.31. The van der Waals surface area contributed by atoms with Gasteiger partial charge >= 0.3 is 0 Å². The number of aryl methyl sites for hydroxylation is 1. The molecule has 1 aromatic heterocycles. The second kappa shape index (κ2) is 9.53. The Morgan fingerprint density at radius 3 is 2.62 bits per heavy atom. The fourth-order valence-corrected chi connectivity index (χ4v) is 5.36. The van der Waals surface area contributed by atoms with Crippen molar-refractivity contribution in [1.82, 2.24) is 14.5 Å². The highest BCUT2D eigenvalue weighted by Crippen LogP contribution is 2.34. The molecule has 2 fully saturated rings. The summed E-state index contributed by atoms with van der Waals surface area (Å²) in [4.78, 5) is 20.0. The Bertz CT molecular complexity index is 1070. The Labute approximate surface area is 194 Å². The Kier molecular flexibility index (Phi) is 6.35. The van der Waals surface area contributed by atoms with Gasteiger partial charge in [0.05, 0.1) is 17.6 Å². The van der Waals surface area contributed by atoms with E-state index in [1.54, 1.807) is 0 Å². The first-order valence-electron chi connectivity index (χ1n) is 11.8. The van der Waals surface area contributed by atoms with Gasteiger partial charge in [0.25, 0.3) is 0 Å². The van der Waals surface area contributed by atoms with Crippen LogP contribution in [0.2, 0.25) is 5.02 Å². The van der Waals surface area contributed by atoms with Crippen LogP contribution in [0.25, 0.3) is 11.0 Å². The summed E-state index contributed by atoms with van der Waals surface area (Å²) in [5.74, 6) is 2.33. The highest BCUT2D eigenvalue weighted by atomic mass is 35.5. The molecule has 0 radical (unpaired) electrons. The van der Waals surface area contributed by atoms with Crippen molar-refractivity contribution in [3.63, 3.8) is 0 Å². The van der Waals surface area contributed by atoms with E-state index in [9.17, 15) is 4.79 Å². The van der Waals surface area contributed by atoms with Gasteiger partial charge in [-0.2, -0.15) is 0 Å². The second-order valence-corrected chi connectivity index (χ2v) is 9.44. The van der Waals surface area contributed by atoms with Gasteiger partial charge in [0.1, 0.15) is 11.6 Å².